The Morgan fingerprint density at radius 2 is 1.84 bits per heavy atom. The number of hydrogen-bond acceptors (Lipinski definition) is 2. The molecule has 0 aliphatic heterocycles. The summed E-state index contributed by atoms with van der Waals surface area (Å²) < 4.78 is 0. The van der Waals surface area contributed by atoms with Gasteiger partial charge < -0.3 is 10.0 Å². The quantitative estimate of drug-likeness (QED) is 0.860. The van der Waals surface area contributed by atoms with E-state index in [9.17, 15) is 5.11 Å². The summed E-state index contributed by atoms with van der Waals surface area (Å²) in [6, 6.07) is 4.42. The molecule has 2 aliphatic rings. The van der Waals surface area contributed by atoms with Gasteiger partial charge in [0.1, 0.15) is 0 Å². The SMILES string of the molecule is CN(C)[C@H]1[C@@H]2Cc3cc(Cl)c(Cl)cc3[C@H]1CC[C@H]2O. The Morgan fingerprint density at radius 3 is 2.53 bits per heavy atom. The molecule has 1 aromatic rings. The minimum atomic E-state index is -0.203. The zero-order valence-corrected chi connectivity index (χ0v) is 12.7. The van der Waals surface area contributed by atoms with Crippen molar-refractivity contribution in [1.82, 2.24) is 4.90 Å². The number of fused-ring (bicyclic) bond motifs is 4. The fraction of sp³-hybridized carbons (Fsp3) is 0.600. The highest BCUT2D eigenvalue weighted by Crippen LogP contribution is 2.47. The molecule has 4 heteroatoms. The highest BCUT2D eigenvalue weighted by molar-refractivity contribution is 6.42. The van der Waals surface area contributed by atoms with Gasteiger partial charge in [-0.2, -0.15) is 0 Å². The molecule has 19 heavy (non-hydrogen) atoms. The molecule has 2 nitrogen and oxygen atoms in total. The molecule has 0 radical (unpaired) electrons. The third-order valence-electron chi connectivity index (χ3n) is 4.75. The lowest BCUT2D eigenvalue weighted by Crippen LogP contribution is -2.52. The topological polar surface area (TPSA) is 23.5 Å². The molecule has 4 atom stereocenters. The molecule has 1 fully saturated rings. The maximum Gasteiger partial charge on any atom is 0.0595 e. The van der Waals surface area contributed by atoms with E-state index in [4.69, 9.17) is 23.2 Å². The lowest BCUT2D eigenvalue weighted by molar-refractivity contribution is -0.00214. The van der Waals surface area contributed by atoms with Crippen molar-refractivity contribution >= 4 is 23.2 Å². The van der Waals surface area contributed by atoms with Gasteiger partial charge in [-0.1, -0.05) is 23.2 Å². The van der Waals surface area contributed by atoms with E-state index < -0.39 is 0 Å². The van der Waals surface area contributed by atoms with Gasteiger partial charge in [0.05, 0.1) is 16.1 Å². The van der Waals surface area contributed by atoms with Gasteiger partial charge in [-0.3, -0.25) is 0 Å². The van der Waals surface area contributed by atoms with Crippen LogP contribution in [0, 0.1) is 5.92 Å². The van der Waals surface area contributed by atoms with Gasteiger partial charge in [0.25, 0.3) is 0 Å². The molecule has 3 rings (SSSR count). The smallest absolute Gasteiger partial charge is 0.0595 e. The van der Waals surface area contributed by atoms with Gasteiger partial charge in [0, 0.05) is 17.9 Å². The van der Waals surface area contributed by atoms with Crippen molar-refractivity contribution in [2.45, 2.75) is 37.3 Å². The second-order valence-electron chi connectivity index (χ2n) is 6.04. The molecule has 0 amide bonds. The van der Waals surface area contributed by atoms with Crippen LogP contribution in [0.15, 0.2) is 12.1 Å². The van der Waals surface area contributed by atoms with Crippen molar-refractivity contribution < 1.29 is 5.11 Å². The number of benzene rings is 1. The predicted molar refractivity (Wildman–Crippen MR) is 79.1 cm³/mol. The molecular formula is C15H19Cl2NO. The van der Waals surface area contributed by atoms with Gasteiger partial charge in [-0.05, 0) is 56.6 Å². The van der Waals surface area contributed by atoms with Crippen molar-refractivity contribution in [3.05, 3.63) is 33.3 Å². The van der Waals surface area contributed by atoms with Crippen LogP contribution in [-0.2, 0) is 6.42 Å². The van der Waals surface area contributed by atoms with Crippen LogP contribution < -0.4 is 0 Å². The summed E-state index contributed by atoms with van der Waals surface area (Å²) >= 11 is 12.3. The Kier molecular flexibility index (Phi) is 3.55. The second kappa shape index (κ2) is 4.92. The Bertz CT molecular complexity index is 503. The zero-order chi connectivity index (χ0) is 13.7. The minimum absolute atomic E-state index is 0.203. The van der Waals surface area contributed by atoms with Gasteiger partial charge in [0.15, 0.2) is 0 Å². The van der Waals surface area contributed by atoms with E-state index in [1.807, 2.05) is 12.1 Å². The molecule has 1 saturated carbocycles. The summed E-state index contributed by atoms with van der Waals surface area (Å²) in [5, 5.41) is 11.6. The number of aliphatic hydroxyl groups is 1. The molecule has 1 aromatic carbocycles. The first-order valence-electron chi connectivity index (χ1n) is 6.81. The third-order valence-corrected chi connectivity index (χ3v) is 5.47. The van der Waals surface area contributed by atoms with E-state index in [-0.39, 0.29) is 6.10 Å². The van der Waals surface area contributed by atoms with Crippen molar-refractivity contribution in [2.75, 3.05) is 14.1 Å². The van der Waals surface area contributed by atoms with Crippen LogP contribution in [0.1, 0.15) is 29.9 Å². The normalized spacial score (nSPS) is 33.4. The summed E-state index contributed by atoms with van der Waals surface area (Å²) in [6.45, 7) is 0. The van der Waals surface area contributed by atoms with Crippen LogP contribution in [0.4, 0.5) is 0 Å². The molecule has 0 saturated heterocycles. The maximum atomic E-state index is 10.3. The van der Waals surface area contributed by atoms with E-state index in [2.05, 4.69) is 19.0 Å². The van der Waals surface area contributed by atoms with Gasteiger partial charge in [0.2, 0.25) is 0 Å². The summed E-state index contributed by atoms with van der Waals surface area (Å²) in [6.07, 6.45) is 2.60. The summed E-state index contributed by atoms with van der Waals surface area (Å²) in [5.74, 6) is 0.764. The fourth-order valence-electron chi connectivity index (χ4n) is 3.98. The van der Waals surface area contributed by atoms with E-state index in [1.165, 1.54) is 11.1 Å². The van der Waals surface area contributed by atoms with Crippen molar-refractivity contribution in [2.24, 2.45) is 5.92 Å². The van der Waals surface area contributed by atoms with Gasteiger partial charge in [-0.25, -0.2) is 0 Å². The lowest BCUT2D eigenvalue weighted by Gasteiger charge is -2.49. The standard InChI is InChI=1S/C15H19Cl2NO/c1-18(2)15-9-3-4-14(19)11(15)5-8-6-12(16)13(17)7-10(8)9/h6-7,9,11,14-15,19H,3-5H2,1-2H3/t9-,11-,14-,15-/m1/s1. The number of nitrogens with zero attached hydrogens (tertiary/aromatic N) is 1. The number of aliphatic hydroxyl groups excluding tert-OH is 1. The van der Waals surface area contributed by atoms with Crippen LogP contribution in [0.3, 0.4) is 0 Å². The monoisotopic (exact) mass is 299 g/mol. The number of halogens is 2. The lowest BCUT2D eigenvalue weighted by atomic mass is 9.64. The minimum Gasteiger partial charge on any atom is -0.393 e. The zero-order valence-electron chi connectivity index (χ0n) is 11.2. The Morgan fingerprint density at radius 1 is 1.16 bits per heavy atom. The van der Waals surface area contributed by atoms with Crippen molar-refractivity contribution in [3.63, 3.8) is 0 Å². The molecule has 2 aliphatic carbocycles. The highest BCUT2D eigenvalue weighted by Gasteiger charge is 2.44. The highest BCUT2D eigenvalue weighted by atomic mass is 35.5. The average molecular weight is 300 g/mol. The van der Waals surface area contributed by atoms with Gasteiger partial charge in [-0.15, -0.1) is 0 Å². The molecule has 0 unspecified atom stereocenters. The summed E-state index contributed by atoms with van der Waals surface area (Å²) in [4.78, 5) is 2.25. The Hall–Kier alpha value is -0.280. The molecular weight excluding hydrogens is 281 g/mol. The van der Waals surface area contributed by atoms with Crippen LogP contribution >= 0.6 is 23.2 Å². The average Bonchev–Trinajstić information content (AvgIpc) is 2.35. The van der Waals surface area contributed by atoms with Crippen LogP contribution in [-0.4, -0.2) is 36.2 Å². The largest absolute Gasteiger partial charge is 0.393 e. The Balaban J connectivity index is 2.10. The third kappa shape index (κ3) is 2.19. The molecule has 0 aromatic heterocycles. The summed E-state index contributed by atoms with van der Waals surface area (Å²) in [7, 11) is 4.20. The van der Waals surface area contributed by atoms with Crippen LogP contribution in [0.2, 0.25) is 10.0 Å². The van der Waals surface area contributed by atoms with Crippen LogP contribution in [0.5, 0.6) is 0 Å². The first kappa shape index (κ1) is 13.7. The van der Waals surface area contributed by atoms with Crippen molar-refractivity contribution in [3.8, 4) is 0 Å². The van der Waals surface area contributed by atoms with Crippen molar-refractivity contribution in [1.29, 1.82) is 0 Å². The maximum absolute atomic E-state index is 10.3. The number of rotatable bonds is 1. The van der Waals surface area contributed by atoms with E-state index >= 15 is 0 Å². The second-order valence-corrected chi connectivity index (χ2v) is 6.85. The molecule has 0 spiro atoms. The van der Waals surface area contributed by atoms with E-state index in [1.54, 1.807) is 0 Å². The molecule has 2 bridgehead atoms. The molecule has 1 N–H and O–H groups in total. The van der Waals surface area contributed by atoms with Gasteiger partial charge >= 0.3 is 0 Å². The van der Waals surface area contributed by atoms with E-state index in [0.717, 1.165) is 19.3 Å². The Labute approximate surface area is 124 Å². The molecule has 0 heterocycles. The number of likely N-dealkylation sites (N-methyl/N-ethyl adjacent to an activating group) is 1. The fourth-order valence-corrected chi connectivity index (χ4v) is 4.34. The summed E-state index contributed by atoms with van der Waals surface area (Å²) in [5.41, 5.74) is 2.59. The predicted octanol–water partition coefficient (Wildman–Crippen LogP) is 3.33. The molecule has 104 valence electrons. The first-order chi connectivity index (χ1) is 8.99. The first-order valence-corrected chi connectivity index (χ1v) is 7.57. The van der Waals surface area contributed by atoms with Crippen LogP contribution in [0.25, 0.3) is 0 Å². The number of hydrogen-bond donors (Lipinski definition) is 1. The van der Waals surface area contributed by atoms with E-state index in [0.29, 0.717) is 27.9 Å².